The fraction of sp³-hybridized carbons (Fsp3) is 0.630. The lowest BCUT2D eigenvalue weighted by Crippen LogP contribution is -2.57. The Bertz CT molecular complexity index is 842. The predicted octanol–water partition coefficient (Wildman–Crippen LogP) is 4.07. The molecule has 0 aromatic heterocycles. The number of carbonyl (C=O) groups is 4. The van der Waals surface area contributed by atoms with Gasteiger partial charge < -0.3 is 25.5 Å². The monoisotopic (exact) mass is 521 g/mol. The van der Waals surface area contributed by atoms with Gasteiger partial charge in [0.15, 0.2) is 0 Å². The van der Waals surface area contributed by atoms with Gasteiger partial charge in [0, 0.05) is 10.5 Å². The number of alkyl carbamates (subject to hydrolysis) is 1. The molecule has 9 heteroatoms. The third-order valence-corrected chi connectivity index (χ3v) is 6.88. The second-order valence-electron chi connectivity index (χ2n) is 10.4. The fourth-order valence-corrected chi connectivity index (χ4v) is 4.21. The van der Waals surface area contributed by atoms with Crippen molar-refractivity contribution in [2.75, 3.05) is 5.75 Å². The second-order valence-corrected chi connectivity index (χ2v) is 12.3. The highest BCUT2D eigenvalue weighted by molar-refractivity contribution is 8.00. The maximum absolute atomic E-state index is 13.3. The molecule has 3 N–H and O–H groups in total. The van der Waals surface area contributed by atoms with Gasteiger partial charge in [-0.15, -0.1) is 0 Å². The maximum Gasteiger partial charge on any atom is 0.408 e. The van der Waals surface area contributed by atoms with E-state index >= 15 is 0 Å². The summed E-state index contributed by atoms with van der Waals surface area (Å²) in [4.78, 5) is 50.3. The Morgan fingerprint density at radius 2 is 1.64 bits per heavy atom. The van der Waals surface area contributed by atoms with E-state index in [1.807, 2.05) is 78.8 Å². The van der Waals surface area contributed by atoms with Crippen LogP contribution in [-0.2, 0) is 25.7 Å². The van der Waals surface area contributed by atoms with Crippen molar-refractivity contribution in [1.82, 2.24) is 16.0 Å². The first-order valence-electron chi connectivity index (χ1n) is 12.5. The van der Waals surface area contributed by atoms with E-state index < -0.39 is 36.0 Å². The summed E-state index contributed by atoms with van der Waals surface area (Å²) in [5.74, 6) is -0.544. The second kappa shape index (κ2) is 15.5. The van der Waals surface area contributed by atoms with Gasteiger partial charge in [0.25, 0.3) is 0 Å². The molecule has 0 saturated heterocycles. The molecule has 0 spiro atoms. The first-order valence-corrected chi connectivity index (χ1v) is 13.5. The number of rotatable bonds is 14. The highest BCUT2D eigenvalue weighted by Crippen LogP contribution is 2.24. The highest BCUT2D eigenvalue weighted by atomic mass is 32.2. The molecular weight excluding hydrogens is 478 g/mol. The van der Waals surface area contributed by atoms with Crippen molar-refractivity contribution in [3.05, 3.63) is 35.9 Å². The average molecular weight is 522 g/mol. The SMILES string of the molecule is CCC(C)C(NC(=O)[C@H](CSC(C)(C)C)NC(=O)OCc1ccccc1)C(=O)N[C@H](C=O)CC(C)C. The summed E-state index contributed by atoms with van der Waals surface area (Å²) < 4.78 is 5.17. The van der Waals surface area contributed by atoms with E-state index in [4.69, 9.17) is 4.74 Å². The Kier molecular flexibility index (Phi) is 13.6. The normalized spacial score (nSPS) is 14.8. The summed E-state index contributed by atoms with van der Waals surface area (Å²) >= 11 is 1.52. The Balaban J connectivity index is 2.95. The molecule has 0 aliphatic heterocycles. The van der Waals surface area contributed by atoms with Crippen LogP contribution in [0.3, 0.4) is 0 Å². The van der Waals surface area contributed by atoms with Gasteiger partial charge in [-0.05, 0) is 23.8 Å². The number of amides is 3. The summed E-state index contributed by atoms with van der Waals surface area (Å²) in [5.41, 5.74) is 0.831. The van der Waals surface area contributed by atoms with Crippen molar-refractivity contribution < 1.29 is 23.9 Å². The maximum atomic E-state index is 13.3. The quantitative estimate of drug-likeness (QED) is 0.318. The Hall–Kier alpha value is -2.55. The third kappa shape index (κ3) is 12.4. The van der Waals surface area contributed by atoms with Crippen LogP contribution in [0.5, 0.6) is 0 Å². The molecule has 3 amide bonds. The van der Waals surface area contributed by atoms with Crippen molar-refractivity contribution in [1.29, 1.82) is 0 Å². The number of thioether (sulfide) groups is 1. The largest absolute Gasteiger partial charge is 0.445 e. The van der Waals surface area contributed by atoms with Crippen molar-refractivity contribution in [3.63, 3.8) is 0 Å². The lowest BCUT2D eigenvalue weighted by Gasteiger charge is -2.28. The minimum absolute atomic E-state index is 0.0776. The predicted molar refractivity (Wildman–Crippen MR) is 145 cm³/mol. The van der Waals surface area contributed by atoms with Gasteiger partial charge in [-0.2, -0.15) is 11.8 Å². The molecule has 0 heterocycles. The van der Waals surface area contributed by atoms with Crippen LogP contribution >= 0.6 is 11.8 Å². The van der Waals surface area contributed by atoms with Crippen LogP contribution in [0.25, 0.3) is 0 Å². The van der Waals surface area contributed by atoms with Gasteiger partial charge in [0.1, 0.15) is 25.0 Å². The fourth-order valence-electron chi connectivity index (χ4n) is 3.31. The van der Waals surface area contributed by atoms with Crippen molar-refractivity contribution in [2.24, 2.45) is 11.8 Å². The van der Waals surface area contributed by atoms with Crippen LogP contribution in [-0.4, -0.2) is 52.8 Å². The van der Waals surface area contributed by atoms with Crippen LogP contribution in [0.15, 0.2) is 30.3 Å². The molecule has 0 saturated carbocycles. The third-order valence-electron chi connectivity index (χ3n) is 5.51. The van der Waals surface area contributed by atoms with Crippen LogP contribution in [0.2, 0.25) is 0 Å². The van der Waals surface area contributed by atoms with Crippen LogP contribution in [0.1, 0.15) is 66.9 Å². The molecule has 36 heavy (non-hydrogen) atoms. The molecule has 1 aromatic carbocycles. The topological polar surface area (TPSA) is 114 Å². The molecular formula is C27H43N3O5S. The molecule has 0 radical (unpaired) electrons. The van der Waals surface area contributed by atoms with Crippen molar-refractivity contribution in [3.8, 4) is 0 Å². The smallest absolute Gasteiger partial charge is 0.408 e. The van der Waals surface area contributed by atoms with Gasteiger partial charge in [0.2, 0.25) is 11.8 Å². The van der Waals surface area contributed by atoms with Crippen molar-refractivity contribution in [2.45, 2.75) is 90.8 Å². The Morgan fingerprint density at radius 3 is 2.17 bits per heavy atom. The van der Waals surface area contributed by atoms with E-state index in [0.717, 1.165) is 11.8 Å². The van der Waals surface area contributed by atoms with Gasteiger partial charge in [0.05, 0.1) is 6.04 Å². The van der Waals surface area contributed by atoms with Gasteiger partial charge in [-0.3, -0.25) is 9.59 Å². The van der Waals surface area contributed by atoms with Crippen LogP contribution < -0.4 is 16.0 Å². The number of carbonyl (C=O) groups excluding carboxylic acids is 4. The molecule has 0 aliphatic rings. The Morgan fingerprint density at radius 1 is 1.00 bits per heavy atom. The van der Waals surface area contributed by atoms with Gasteiger partial charge in [-0.1, -0.05) is 85.2 Å². The zero-order chi connectivity index (χ0) is 27.3. The van der Waals surface area contributed by atoms with E-state index in [9.17, 15) is 19.2 Å². The first kappa shape index (κ1) is 31.5. The number of benzene rings is 1. The zero-order valence-corrected chi connectivity index (χ0v) is 23.4. The summed E-state index contributed by atoms with van der Waals surface area (Å²) in [7, 11) is 0. The first-order chi connectivity index (χ1) is 16.9. The van der Waals surface area contributed by atoms with Crippen LogP contribution in [0.4, 0.5) is 4.79 Å². The summed E-state index contributed by atoms with van der Waals surface area (Å²) in [5, 5.41) is 8.23. The minimum atomic E-state index is -0.908. The lowest BCUT2D eigenvalue weighted by atomic mass is 9.97. The molecule has 2 unspecified atom stereocenters. The molecule has 1 aromatic rings. The molecule has 0 fully saturated rings. The summed E-state index contributed by atoms with van der Waals surface area (Å²) in [6.45, 7) is 13.9. The van der Waals surface area contributed by atoms with Gasteiger partial charge in [-0.25, -0.2) is 4.79 Å². The molecule has 0 aliphatic carbocycles. The highest BCUT2D eigenvalue weighted by Gasteiger charge is 2.32. The number of ether oxygens (including phenoxy) is 1. The van der Waals surface area contributed by atoms with E-state index in [1.54, 1.807) is 0 Å². The molecule has 4 atom stereocenters. The average Bonchev–Trinajstić information content (AvgIpc) is 2.82. The molecule has 202 valence electrons. The Labute approximate surface area is 220 Å². The minimum Gasteiger partial charge on any atom is -0.445 e. The number of nitrogens with one attached hydrogen (secondary N) is 3. The zero-order valence-electron chi connectivity index (χ0n) is 22.6. The van der Waals surface area contributed by atoms with E-state index in [0.29, 0.717) is 18.6 Å². The van der Waals surface area contributed by atoms with Crippen LogP contribution in [0, 0.1) is 11.8 Å². The van der Waals surface area contributed by atoms with E-state index in [1.165, 1.54) is 11.8 Å². The number of hydrogen-bond donors (Lipinski definition) is 3. The number of aldehydes is 1. The molecule has 8 nitrogen and oxygen atoms in total. The molecule has 1 rings (SSSR count). The lowest BCUT2D eigenvalue weighted by molar-refractivity contribution is -0.132. The van der Waals surface area contributed by atoms with Gasteiger partial charge >= 0.3 is 6.09 Å². The van der Waals surface area contributed by atoms with E-state index in [2.05, 4.69) is 16.0 Å². The van der Waals surface area contributed by atoms with E-state index in [-0.39, 0.29) is 23.2 Å². The van der Waals surface area contributed by atoms with Crippen molar-refractivity contribution >= 4 is 36.0 Å². The summed E-state index contributed by atoms with van der Waals surface area (Å²) in [6.07, 6.45) is 1.16. The molecule has 0 bridgehead atoms. The number of hydrogen-bond acceptors (Lipinski definition) is 6. The standard InChI is InChI=1S/C27H43N3O5S/c1-8-19(4)23(25(33)28-21(15-31)14-18(2)3)30-24(32)22(17-36-27(5,6)7)29-26(34)35-16-20-12-10-9-11-13-20/h9-13,15,18-19,21-23H,8,14,16-17H2,1-7H3,(H,28,33)(H,29,34)(H,30,32)/t19?,21-,22-,23?/m0/s1. The summed E-state index contributed by atoms with van der Waals surface area (Å²) in [6, 6.07) is 6.88.